The van der Waals surface area contributed by atoms with Crippen molar-refractivity contribution in [3.63, 3.8) is 0 Å². The summed E-state index contributed by atoms with van der Waals surface area (Å²) in [6, 6.07) is 6.93. The fraction of sp³-hybridized carbons (Fsp3) is 0.273. The fourth-order valence-electron chi connectivity index (χ4n) is 1.15. The minimum absolute atomic E-state index is 0.00442. The van der Waals surface area contributed by atoms with Crippen LogP contribution in [0.25, 0.3) is 0 Å². The molecule has 0 bridgehead atoms. The van der Waals surface area contributed by atoms with E-state index in [-0.39, 0.29) is 19.0 Å². The van der Waals surface area contributed by atoms with Gasteiger partial charge in [-0.05, 0) is 12.1 Å². The molecule has 5 nitrogen and oxygen atoms in total. The van der Waals surface area contributed by atoms with Crippen LogP contribution in [0.3, 0.4) is 0 Å². The SMILES string of the molecule is COc1cc(NCC(=O)NCC#N)ccc1Cl. The van der Waals surface area contributed by atoms with Crippen LogP contribution in [-0.4, -0.2) is 26.1 Å². The topological polar surface area (TPSA) is 74.2 Å². The molecule has 0 aromatic heterocycles. The van der Waals surface area contributed by atoms with Crippen molar-refractivity contribution in [1.82, 2.24) is 5.32 Å². The van der Waals surface area contributed by atoms with E-state index < -0.39 is 0 Å². The lowest BCUT2D eigenvalue weighted by Gasteiger charge is -2.08. The third-order valence-electron chi connectivity index (χ3n) is 1.97. The van der Waals surface area contributed by atoms with Crippen molar-refractivity contribution in [3.8, 4) is 11.8 Å². The summed E-state index contributed by atoms with van der Waals surface area (Å²) in [4.78, 5) is 11.2. The molecule has 0 atom stereocenters. The van der Waals surface area contributed by atoms with Crippen molar-refractivity contribution in [2.75, 3.05) is 25.5 Å². The predicted octanol–water partition coefficient (Wildman–Crippen LogP) is 1.40. The molecule has 0 saturated carbocycles. The standard InChI is InChI=1S/C11H12ClN3O2/c1-17-10-6-8(2-3-9(10)12)15-7-11(16)14-5-4-13/h2-3,6,15H,5,7H2,1H3,(H,14,16). The van der Waals surface area contributed by atoms with Crippen LogP contribution in [0.5, 0.6) is 5.75 Å². The number of halogens is 1. The molecular formula is C11H12ClN3O2. The van der Waals surface area contributed by atoms with E-state index in [9.17, 15) is 4.79 Å². The highest BCUT2D eigenvalue weighted by molar-refractivity contribution is 6.32. The highest BCUT2D eigenvalue weighted by Crippen LogP contribution is 2.27. The molecule has 0 aliphatic heterocycles. The summed E-state index contributed by atoms with van der Waals surface area (Å²) in [6.07, 6.45) is 0. The summed E-state index contributed by atoms with van der Waals surface area (Å²) in [5, 5.41) is 14.1. The van der Waals surface area contributed by atoms with Crippen LogP contribution in [0.4, 0.5) is 5.69 Å². The molecule has 0 radical (unpaired) electrons. The van der Waals surface area contributed by atoms with E-state index in [2.05, 4.69) is 10.6 Å². The predicted molar refractivity (Wildman–Crippen MR) is 65.1 cm³/mol. The first-order chi connectivity index (χ1) is 8.17. The number of methoxy groups -OCH3 is 1. The zero-order valence-electron chi connectivity index (χ0n) is 9.29. The van der Waals surface area contributed by atoms with E-state index in [4.69, 9.17) is 21.6 Å². The zero-order valence-corrected chi connectivity index (χ0v) is 10.0. The summed E-state index contributed by atoms with van der Waals surface area (Å²) in [6.45, 7) is 0.0942. The smallest absolute Gasteiger partial charge is 0.240 e. The molecule has 0 spiro atoms. The first-order valence-corrected chi connectivity index (χ1v) is 5.26. The molecule has 0 heterocycles. The summed E-state index contributed by atoms with van der Waals surface area (Å²) in [7, 11) is 1.52. The van der Waals surface area contributed by atoms with Gasteiger partial charge in [-0.2, -0.15) is 5.26 Å². The number of carbonyl (C=O) groups is 1. The maximum absolute atomic E-state index is 11.2. The molecule has 0 aliphatic carbocycles. The molecule has 0 saturated heterocycles. The lowest BCUT2D eigenvalue weighted by atomic mass is 10.3. The normalized spacial score (nSPS) is 9.24. The lowest BCUT2D eigenvalue weighted by Crippen LogP contribution is -2.29. The number of nitrogens with zero attached hydrogens (tertiary/aromatic N) is 1. The third kappa shape index (κ3) is 4.21. The molecule has 1 aromatic carbocycles. The number of anilines is 1. The maximum Gasteiger partial charge on any atom is 0.240 e. The fourth-order valence-corrected chi connectivity index (χ4v) is 1.35. The minimum Gasteiger partial charge on any atom is -0.495 e. The Morgan fingerprint density at radius 2 is 2.35 bits per heavy atom. The van der Waals surface area contributed by atoms with Crippen LogP contribution in [0.1, 0.15) is 0 Å². The zero-order chi connectivity index (χ0) is 12.7. The molecule has 0 fully saturated rings. The monoisotopic (exact) mass is 253 g/mol. The summed E-state index contributed by atoms with van der Waals surface area (Å²) in [5.41, 5.74) is 0.721. The Bertz CT molecular complexity index is 443. The van der Waals surface area contributed by atoms with Crippen LogP contribution < -0.4 is 15.4 Å². The molecule has 90 valence electrons. The van der Waals surface area contributed by atoms with Crippen LogP contribution in [0, 0.1) is 11.3 Å². The van der Waals surface area contributed by atoms with E-state index in [1.807, 2.05) is 6.07 Å². The second kappa shape index (κ2) is 6.61. The van der Waals surface area contributed by atoms with Gasteiger partial charge >= 0.3 is 0 Å². The van der Waals surface area contributed by atoms with Gasteiger partial charge in [0, 0.05) is 11.8 Å². The Morgan fingerprint density at radius 3 is 3.00 bits per heavy atom. The number of ether oxygens (including phenoxy) is 1. The Balaban J connectivity index is 2.52. The Labute approximate surface area is 104 Å². The molecule has 1 rings (SSSR count). The van der Waals surface area contributed by atoms with Gasteiger partial charge in [0.25, 0.3) is 0 Å². The molecule has 2 N–H and O–H groups in total. The maximum atomic E-state index is 11.2. The van der Waals surface area contributed by atoms with Gasteiger partial charge in [-0.3, -0.25) is 4.79 Å². The van der Waals surface area contributed by atoms with Crippen molar-refractivity contribution in [3.05, 3.63) is 23.2 Å². The van der Waals surface area contributed by atoms with Crippen molar-refractivity contribution in [1.29, 1.82) is 5.26 Å². The number of hydrogen-bond donors (Lipinski definition) is 2. The van der Waals surface area contributed by atoms with Crippen LogP contribution >= 0.6 is 11.6 Å². The molecule has 0 unspecified atom stereocenters. The number of benzene rings is 1. The first-order valence-electron chi connectivity index (χ1n) is 4.88. The first kappa shape index (κ1) is 13.1. The number of hydrogen-bond acceptors (Lipinski definition) is 4. The van der Waals surface area contributed by atoms with Gasteiger partial charge in [0.05, 0.1) is 24.7 Å². The van der Waals surface area contributed by atoms with Gasteiger partial charge in [0.15, 0.2) is 0 Å². The van der Waals surface area contributed by atoms with E-state index in [0.717, 1.165) is 5.69 Å². The van der Waals surface area contributed by atoms with Gasteiger partial charge in [0.2, 0.25) is 5.91 Å². The Hall–Kier alpha value is -1.93. The molecule has 17 heavy (non-hydrogen) atoms. The highest BCUT2D eigenvalue weighted by Gasteiger charge is 2.03. The number of amides is 1. The summed E-state index contributed by atoms with van der Waals surface area (Å²) in [5.74, 6) is 0.287. The van der Waals surface area contributed by atoms with Gasteiger partial charge in [-0.15, -0.1) is 0 Å². The summed E-state index contributed by atoms with van der Waals surface area (Å²) < 4.78 is 5.04. The average molecular weight is 254 g/mol. The van der Waals surface area contributed by atoms with E-state index in [1.54, 1.807) is 18.2 Å². The molecule has 1 aromatic rings. The second-order valence-corrected chi connectivity index (χ2v) is 3.54. The lowest BCUT2D eigenvalue weighted by molar-refractivity contribution is -0.119. The van der Waals surface area contributed by atoms with Crippen molar-refractivity contribution in [2.45, 2.75) is 0 Å². The average Bonchev–Trinajstić information content (AvgIpc) is 2.35. The molecule has 0 aliphatic rings. The van der Waals surface area contributed by atoms with Crippen LogP contribution in [-0.2, 0) is 4.79 Å². The van der Waals surface area contributed by atoms with Gasteiger partial charge in [-0.1, -0.05) is 11.6 Å². The van der Waals surface area contributed by atoms with Crippen molar-refractivity contribution >= 4 is 23.2 Å². The molecule has 6 heteroatoms. The Morgan fingerprint density at radius 1 is 1.59 bits per heavy atom. The molecule has 1 amide bonds. The highest BCUT2D eigenvalue weighted by atomic mass is 35.5. The number of nitriles is 1. The van der Waals surface area contributed by atoms with Gasteiger partial charge in [0.1, 0.15) is 12.3 Å². The van der Waals surface area contributed by atoms with E-state index in [0.29, 0.717) is 10.8 Å². The van der Waals surface area contributed by atoms with Gasteiger partial charge in [-0.25, -0.2) is 0 Å². The minimum atomic E-state index is -0.250. The largest absolute Gasteiger partial charge is 0.495 e. The van der Waals surface area contributed by atoms with Gasteiger partial charge < -0.3 is 15.4 Å². The van der Waals surface area contributed by atoms with Crippen LogP contribution in [0.15, 0.2) is 18.2 Å². The van der Waals surface area contributed by atoms with Crippen molar-refractivity contribution < 1.29 is 9.53 Å². The summed E-state index contributed by atoms with van der Waals surface area (Å²) >= 11 is 5.86. The van der Waals surface area contributed by atoms with Crippen LogP contribution in [0.2, 0.25) is 5.02 Å². The molecular weight excluding hydrogens is 242 g/mol. The van der Waals surface area contributed by atoms with E-state index in [1.165, 1.54) is 7.11 Å². The third-order valence-corrected chi connectivity index (χ3v) is 2.28. The van der Waals surface area contributed by atoms with E-state index >= 15 is 0 Å². The quantitative estimate of drug-likeness (QED) is 0.778. The number of nitrogens with one attached hydrogen (secondary N) is 2. The number of carbonyl (C=O) groups excluding carboxylic acids is 1. The Kier molecular flexibility index (Phi) is 5.11. The number of rotatable bonds is 5. The second-order valence-electron chi connectivity index (χ2n) is 3.14. The van der Waals surface area contributed by atoms with Crippen molar-refractivity contribution in [2.24, 2.45) is 0 Å².